The summed E-state index contributed by atoms with van der Waals surface area (Å²) in [5, 5.41) is 16.9. The third-order valence-corrected chi connectivity index (χ3v) is 2.94. The molecule has 0 aliphatic heterocycles. The van der Waals surface area contributed by atoms with Crippen molar-refractivity contribution in [2.75, 3.05) is 17.1 Å². The Balaban J connectivity index is 2.73. The first kappa shape index (κ1) is 14.0. The predicted octanol–water partition coefficient (Wildman–Crippen LogP) is 0.686. The van der Waals surface area contributed by atoms with E-state index in [9.17, 15) is 8.42 Å². The summed E-state index contributed by atoms with van der Waals surface area (Å²) in [6.45, 7) is 0.0129. The van der Waals surface area contributed by atoms with E-state index in [1.807, 2.05) is 0 Å². The topological polar surface area (TPSA) is 90.2 Å². The van der Waals surface area contributed by atoms with Crippen LogP contribution in [0.3, 0.4) is 0 Å². The monoisotopic (exact) mass is 264 g/mol. The number of hydrogen-bond acceptors (Lipinski definition) is 4. The Hall–Kier alpha value is -2.02. The van der Waals surface area contributed by atoms with E-state index in [4.69, 9.17) is 10.4 Å². The maximum atomic E-state index is 11.3. The average Bonchev–Trinajstić information content (AvgIpc) is 2.31. The van der Waals surface area contributed by atoms with Crippen molar-refractivity contribution in [3.63, 3.8) is 0 Å². The van der Waals surface area contributed by atoms with E-state index in [1.165, 1.54) is 0 Å². The molecule has 2 N–H and O–H groups in total. The summed E-state index contributed by atoms with van der Waals surface area (Å²) in [5.74, 6) is 5.00. The van der Waals surface area contributed by atoms with Crippen LogP contribution in [0.1, 0.15) is 12.0 Å². The van der Waals surface area contributed by atoms with Crippen LogP contribution in [-0.2, 0) is 10.0 Å². The Morgan fingerprint density at radius 2 is 1.94 bits per heavy atom. The Morgan fingerprint density at radius 1 is 1.28 bits per heavy atom. The molecule has 1 rings (SSSR count). The lowest BCUT2D eigenvalue weighted by Gasteiger charge is -2.04. The van der Waals surface area contributed by atoms with Gasteiger partial charge in [-0.3, -0.25) is 4.72 Å². The third kappa shape index (κ3) is 4.88. The average molecular weight is 264 g/mol. The highest BCUT2D eigenvalue weighted by atomic mass is 32.2. The lowest BCUT2D eigenvalue weighted by Crippen LogP contribution is -2.15. The molecule has 0 aliphatic carbocycles. The smallest absolute Gasteiger partial charge is 0.246 e. The van der Waals surface area contributed by atoms with Crippen LogP contribution >= 0.6 is 0 Å². The summed E-state index contributed by atoms with van der Waals surface area (Å²) in [6.07, 6.45) is 0.399. The standard InChI is InChI=1S/C12H12N2O3S/c13-8-10-18(16,17)14-12-6-4-11(5-7-12)3-1-2-9-15/h4-7,14-15H,2,9-10H2. The zero-order valence-corrected chi connectivity index (χ0v) is 10.4. The van der Waals surface area contributed by atoms with Gasteiger partial charge in [0, 0.05) is 17.7 Å². The highest BCUT2D eigenvalue weighted by molar-refractivity contribution is 7.92. The summed E-state index contributed by atoms with van der Waals surface area (Å²) in [6, 6.07) is 8.03. The largest absolute Gasteiger partial charge is 0.395 e. The van der Waals surface area contributed by atoms with Crippen LogP contribution in [0.15, 0.2) is 24.3 Å². The molecule has 0 bridgehead atoms. The molecule has 5 nitrogen and oxygen atoms in total. The predicted molar refractivity (Wildman–Crippen MR) is 68.0 cm³/mol. The Labute approximate surface area is 106 Å². The summed E-state index contributed by atoms with van der Waals surface area (Å²) in [5.41, 5.74) is 1.12. The van der Waals surface area contributed by atoms with Crippen molar-refractivity contribution in [3.8, 4) is 17.9 Å². The molecule has 0 radical (unpaired) electrons. The quantitative estimate of drug-likeness (QED) is 0.783. The number of nitriles is 1. The fraction of sp³-hybridized carbons (Fsp3) is 0.250. The van der Waals surface area contributed by atoms with Gasteiger partial charge in [-0.15, -0.1) is 0 Å². The van der Waals surface area contributed by atoms with E-state index in [-0.39, 0.29) is 6.61 Å². The van der Waals surface area contributed by atoms with Gasteiger partial charge in [0.05, 0.1) is 12.7 Å². The maximum Gasteiger partial charge on any atom is 0.246 e. The molecule has 0 aliphatic rings. The van der Waals surface area contributed by atoms with Gasteiger partial charge in [-0.1, -0.05) is 11.8 Å². The van der Waals surface area contributed by atoms with Crippen molar-refractivity contribution < 1.29 is 13.5 Å². The van der Waals surface area contributed by atoms with E-state index in [0.29, 0.717) is 12.1 Å². The SMILES string of the molecule is N#CCS(=O)(=O)Nc1ccc(C#CCCO)cc1. The van der Waals surface area contributed by atoms with Crippen LogP contribution in [0, 0.1) is 23.2 Å². The molecule has 0 atom stereocenters. The van der Waals surface area contributed by atoms with Gasteiger partial charge in [0.25, 0.3) is 0 Å². The van der Waals surface area contributed by atoms with Crippen LogP contribution in [0.2, 0.25) is 0 Å². The van der Waals surface area contributed by atoms with E-state index in [0.717, 1.165) is 5.56 Å². The second-order valence-corrected chi connectivity index (χ2v) is 5.09. The zero-order valence-electron chi connectivity index (χ0n) is 9.55. The fourth-order valence-electron chi connectivity index (χ4n) is 1.14. The van der Waals surface area contributed by atoms with Crippen molar-refractivity contribution in [2.24, 2.45) is 0 Å². The number of aliphatic hydroxyl groups excluding tert-OH is 1. The van der Waals surface area contributed by atoms with Crippen molar-refractivity contribution in [1.82, 2.24) is 0 Å². The Kier molecular flexibility index (Phi) is 5.19. The van der Waals surface area contributed by atoms with Gasteiger partial charge in [-0.05, 0) is 24.3 Å². The Morgan fingerprint density at radius 3 is 2.50 bits per heavy atom. The molecule has 0 fully saturated rings. The minimum absolute atomic E-state index is 0.0129. The number of anilines is 1. The molecule has 0 unspecified atom stereocenters. The number of nitrogens with zero attached hydrogens (tertiary/aromatic N) is 1. The van der Waals surface area contributed by atoms with Crippen molar-refractivity contribution in [1.29, 1.82) is 5.26 Å². The number of hydrogen-bond donors (Lipinski definition) is 2. The zero-order chi connectivity index (χ0) is 13.4. The Bertz CT molecular complexity index is 589. The molecular weight excluding hydrogens is 252 g/mol. The molecule has 0 aromatic heterocycles. The van der Waals surface area contributed by atoms with Crippen molar-refractivity contribution >= 4 is 15.7 Å². The van der Waals surface area contributed by atoms with E-state index < -0.39 is 15.8 Å². The van der Waals surface area contributed by atoms with E-state index >= 15 is 0 Å². The molecule has 0 spiro atoms. The van der Waals surface area contributed by atoms with Crippen LogP contribution in [0.4, 0.5) is 5.69 Å². The van der Waals surface area contributed by atoms with Gasteiger partial charge in [0.15, 0.2) is 5.75 Å². The summed E-state index contributed by atoms with van der Waals surface area (Å²) in [4.78, 5) is 0. The molecule has 0 amide bonds. The molecular formula is C12H12N2O3S. The number of benzene rings is 1. The van der Waals surface area contributed by atoms with Gasteiger partial charge in [0.1, 0.15) is 0 Å². The third-order valence-electron chi connectivity index (χ3n) is 1.88. The number of rotatable bonds is 4. The van der Waals surface area contributed by atoms with Crippen molar-refractivity contribution in [3.05, 3.63) is 29.8 Å². The summed E-state index contributed by atoms with van der Waals surface area (Å²) < 4.78 is 24.9. The lowest BCUT2D eigenvalue weighted by atomic mass is 10.2. The van der Waals surface area contributed by atoms with E-state index in [1.54, 1.807) is 30.3 Å². The number of aliphatic hydroxyl groups is 1. The van der Waals surface area contributed by atoms with Gasteiger partial charge < -0.3 is 5.11 Å². The summed E-state index contributed by atoms with van der Waals surface area (Å²) >= 11 is 0. The molecule has 0 saturated heterocycles. The molecule has 0 heterocycles. The van der Waals surface area contributed by atoms with Crippen LogP contribution in [-0.4, -0.2) is 25.9 Å². The molecule has 6 heteroatoms. The second-order valence-electron chi connectivity index (χ2n) is 3.37. The van der Waals surface area contributed by atoms with Gasteiger partial charge in [-0.2, -0.15) is 5.26 Å². The molecule has 18 heavy (non-hydrogen) atoms. The van der Waals surface area contributed by atoms with Crippen LogP contribution in [0.5, 0.6) is 0 Å². The maximum absolute atomic E-state index is 11.3. The molecule has 1 aromatic carbocycles. The van der Waals surface area contributed by atoms with Gasteiger partial charge in [0.2, 0.25) is 10.0 Å². The summed E-state index contributed by atoms with van der Waals surface area (Å²) in [7, 11) is -3.60. The number of nitrogens with one attached hydrogen (secondary N) is 1. The highest BCUT2D eigenvalue weighted by Gasteiger charge is 2.08. The first-order valence-electron chi connectivity index (χ1n) is 5.14. The fourth-order valence-corrected chi connectivity index (χ4v) is 1.88. The van der Waals surface area contributed by atoms with Crippen LogP contribution in [0.25, 0.3) is 0 Å². The van der Waals surface area contributed by atoms with Gasteiger partial charge in [-0.25, -0.2) is 8.42 Å². The highest BCUT2D eigenvalue weighted by Crippen LogP contribution is 2.10. The minimum Gasteiger partial charge on any atom is -0.395 e. The molecule has 0 saturated carbocycles. The number of sulfonamides is 1. The first-order chi connectivity index (χ1) is 8.57. The second kappa shape index (κ2) is 6.65. The minimum atomic E-state index is -3.60. The normalized spacial score (nSPS) is 10.0. The van der Waals surface area contributed by atoms with Crippen molar-refractivity contribution in [2.45, 2.75) is 6.42 Å². The van der Waals surface area contributed by atoms with Crippen LogP contribution < -0.4 is 4.72 Å². The first-order valence-corrected chi connectivity index (χ1v) is 6.80. The van der Waals surface area contributed by atoms with Gasteiger partial charge >= 0.3 is 0 Å². The lowest BCUT2D eigenvalue weighted by molar-refractivity contribution is 0.305. The molecule has 94 valence electrons. The van der Waals surface area contributed by atoms with E-state index in [2.05, 4.69) is 16.6 Å². The molecule has 1 aromatic rings.